The van der Waals surface area contributed by atoms with Crippen LogP contribution in [0.4, 0.5) is 0 Å². The van der Waals surface area contributed by atoms with E-state index in [1.165, 1.54) is 11.1 Å². The Morgan fingerprint density at radius 2 is 0.935 bits per heavy atom. The second-order valence-electron chi connectivity index (χ2n) is 7.06. The van der Waals surface area contributed by atoms with Gasteiger partial charge in [0.05, 0.1) is 11.0 Å². The minimum atomic E-state index is 0. The number of nitrogens with zero attached hydrogens (tertiary/aromatic N) is 6. The molecule has 4 aromatic carbocycles. The van der Waals surface area contributed by atoms with Gasteiger partial charge >= 0.3 is 17.1 Å². The van der Waals surface area contributed by atoms with Gasteiger partial charge in [-0.2, -0.15) is 24.3 Å². The first kappa shape index (κ1) is 20.7. The smallest absolute Gasteiger partial charge is 0.252 e. The third-order valence-electron chi connectivity index (χ3n) is 4.97. The Hall–Kier alpha value is -3.54. The van der Waals surface area contributed by atoms with E-state index in [0.717, 1.165) is 35.2 Å². The molecule has 0 aliphatic rings. The predicted octanol–water partition coefficient (Wildman–Crippen LogP) is 4.39. The van der Waals surface area contributed by atoms with Gasteiger partial charge in [-0.3, -0.25) is 9.36 Å². The van der Waals surface area contributed by atoms with Crippen LogP contribution in [0, 0.1) is 0 Å². The molecule has 6 aromatic rings. The van der Waals surface area contributed by atoms with Gasteiger partial charge in [0.2, 0.25) is 0 Å². The SMILES string of the molecule is [Fe+2].c1ccc2c(c1)nnn2C[c-]1cccc1.c1ccc2c(c1)nnn2C[c-]1cccc1. The molecule has 6 rings (SSSR count). The van der Waals surface area contributed by atoms with Crippen molar-refractivity contribution in [2.24, 2.45) is 0 Å². The Balaban J connectivity index is 0.000000144. The summed E-state index contributed by atoms with van der Waals surface area (Å²) in [6, 6.07) is 32.5. The average Bonchev–Trinajstić information content (AvgIpc) is 3.58. The zero-order valence-corrected chi connectivity index (χ0v) is 17.8. The Bertz CT molecular complexity index is 1240. The molecule has 0 unspecified atom stereocenters. The van der Waals surface area contributed by atoms with Crippen molar-refractivity contribution in [3.05, 3.63) is 108 Å². The van der Waals surface area contributed by atoms with Crippen LogP contribution in [0.2, 0.25) is 0 Å². The summed E-state index contributed by atoms with van der Waals surface area (Å²) in [6.07, 6.45) is 0. The summed E-state index contributed by atoms with van der Waals surface area (Å²) in [5.74, 6) is 0. The zero-order chi connectivity index (χ0) is 20.2. The molecular formula is C24H20FeN6. The summed E-state index contributed by atoms with van der Waals surface area (Å²) in [5.41, 5.74) is 6.57. The van der Waals surface area contributed by atoms with Crippen LogP contribution in [0.15, 0.2) is 97.1 Å². The molecule has 0 atom stereocenters. The number of rotatable bonds is 4. The van der Waals surface area contributed by atoms with Crippen LogP contribution in [0.3, 0.4) is 0 Å². The van der Waals surface area contributed by atoms with Gasteiger partial charge < -0.3 is 0 Å². The first-order chi connectivity index (χ1) is 14.9. The first-order valence-corrected chi connectivity index (χ1v) is 9.84. The molecule has 0 saturated carbocycles. The van der Waals surface area contributed by atoms with Crippen LogP contribution in [0.5, 0.6) is 0 Å². The van der Waals surface area contributed by atoms with E-state index in [-0.39, 0.29) is 17.1 Å². The van der Waals surface area contributed by atoms with E-state index in [0.29, 0.717) is 0 Å². The van der Waals surface area contributed by atoms with Gasteiger partial charge in [0.1, 0.15) is 11.0 Å². The Morgan fingerprint density at radius 3 is 1.35 bits per heavy atom. The molecule has 0 amide bonds. The van der Waals surface area contributed by atoms with Crippen molar-refractivity contribution in [2.45, 2.75) is 13.1 Å². The molecule has 0 fully saturated rings. The summed E-state index contributed by atoms with van der Waals surface area (Å²) in [7, 11) is 0. The number of hydrogen-bond donors (Lipinski definition) is 0. The fourth-order valence-electron chi connectivity index (χ4n) is 3.45. The maximum absolute atomic E-state index is 4.14. The van der Waals surface area contributed by atoms with Crippen LogP contribution < -0.4 is 0 Å². The molecule has 31 heavy (non-hydrogen) atoms. The van der Waals surface area contributed by atoms with Crippen molar-refractivity contribution in [3.8, 4) is 0 Å². The summed E-state index contributed by atoms with van der Waals surface area (Å²) in [4.78, 5) is 0. The quantitative estimate of drug-likeness (QED) is 0.297. The largest absolute Gasteiger partial charge is 2.00 e. The van der Waals surface area contributed by atoms with Crippen molar-refractivity contribution in [1.29, 1.82) is 0 Å². The first-order valence-electron chi connectivity index (χ1n) is 9.84. The van der Waals surface area contributed by atoms with Crippen molar-refractivity contribution in [2.75, 3.05) is 0 Å². The van der Waals surface area contributed by atoms with Crippen molar-refractivity contribution in [1.82, 2.24) is 30.0 Å². The van der Waals surface area contributed by atoms with E-state index in [1.54, 1.807) is 0 Å². The molecule has 154 valence electrons. The molecule has 0 N–H and O–H groups in total. The van der Waals surface area contributed by atoms with Gasteiger partial charge in [-0.25, -0.2) is 24.3 Å². The van der Waals surface area contributed by atoms with Crippen LogP contribution in [0.1, 0.15) is 11.1 Å². The second-order valence-corrected chi connectivity index (χ2v) is 7.06. The Morgan fingerprint density at radius 1 is 0.548 bits per heavy atom. The molecule has 6 nitrogen and oxygen atoms in total. The topological polar surface area (TPSA) is 61.4 Å². The minimum Gasteiger partial charge on any atom is -0.252 e. The van der Waals surface area contributed by atoms with Gasteiger partial charge in [0.15, 0.2) is 0 Å². The van der Waals surface area contributed by atoms with E-state index < -0.39 is 0 Å². The van der Waals surface area contributed by atoms with Crippen LogP contribution in [0.25, 0.3) is 22.1 Å². The fourth-order valence-corrected chi connectivity index (χ4v) is 3.45. The van der Waals surface area contributed by atoms with Crippen molar-refractivity contribution < 1.29 is 17.1 Å². The molecule has 0 aliphatic carbocycles. The van der Waals surface area contributed by atoms with E-state index in [1.807, 2.05) is 82.2 Å². The van der Waals surface area contributed by atoms with Crippen LogP contribution >= 0.6 is 0 Å². The van der Waals surface area contributed by atoms with Gasteiger partial charge in [-0.15, -0.1) is 21.3 Å². The van der Waals surface area contributed by atoms with E-state index >= 15 is 0 Å². The maximum atomic E-state index is 4.14. The van der Waals surface area contributed by atoms with Crippen LogP contribution in [-0.2, 0) is 30.2 Å². The average molecular weight is 448 g/mol. The normalized spacial score (nSPS) is 10.6. The monoisotopic (exact) mass is 448 g/mol. The van der Waals surface area contributed by atoms with Gasteiger partial charge in [0, 0.05) is 13.1 Å². The van der Waals surface area contributed by atoms with E-state index in [2.05, 4.69) is 44.9 Å². The number of aromatic nitrogens is 6. The molecule has 0 radical (unpaired) electrons. The molecule has 0 spiro atoms. The van der Waals surface area contributed by atoms with Gasteiger partial charge in [-0.05, 0) is 24.3 Å². The summed E-state index contributed by atoms with van der Waals surface area (Å²) < 4.78 is 3.84. The number of benzene rings is 2. The van der Waals surface area contributed by atoms with E-state index in [9.17, 15) is 0 Å². The summed E-state index contributed by atoms with van der Waals surface area (Å²) in [6.45, 7) is 1.57. The molecule has 0 bridgehead atoms. The Kier molecular flexibility index (Phi) is 6.36. The molecular weight excluding hydrogens is 428 g/mol. The van der Waals surface area contributed by atoms with Crippen molar-refractivity contribution in [3.63, 3.8) is 0 Å². The molecule has 0 saturated heterocycles. The third-order valence-corrected chi connectivity index (χ3v) is 4.97. The summed E-state index contributed by atoms with van der Waals surface area (Å²) in [5, 5.41) is 16.5. The number of hydrogen-bond acceptors (Lipinski definition) is 4. The van der Waals surface area contributed by atoms with Gasteiger partial charge in [-0.1, -0.05) is 34.7 Å². The summed E-state index contributed by atoms with van der Waals surface area (Å²) >= 11 is 0. The third kappa shape index (κ3) is 4.63. The predicted molar refractivity (Wildman–Crippen MR) is 117 cm³/mol. The Labute approximate surface area is 190 Å². The standard InChI is InChI=1S/2C12H10N3.Fe/c2*1-2-6-10(5-1)9-15-12-8-4-3-7-11(12)13-14-15;/h2*1-8H,9H2;/q2*-1;+2. The maximum Gasteiger partial charge on any atom is 2.00 e. The van der Waals surface area contributed by atoms with Gasteiger partial charge in [0.25, 0.3) is 0 Å². The number of para-hydroxylation sites is 2. The molecule has 7 heteroatoms. The van der Waals surface area contributed by atoms with Crippen molar-refractivity contribution >= 4 is 22.1 Å². The zero-order valence-electron chi connectivity index (χ0n) is 16.7. The van der Waals surface area contributed by atoms with Crippen LogP contribution in [-0.4, -0.2) is 30.0 Å². The molecule has 0 aliphatic heterocycles. The minimum absolute atomic E-state index is 0. The fraction of sp³-hybridized carbons (Fsp3) is 0.0833. The number of fused-ring (bicyclic) bond motifs is 2. The van der Waals surface area contributed by atoms with E-state index in [4.69, 9.17) is 0 Å². The molecule has 2 heterocycles. The second kappa shape index (κ2) is 9.51. The molecule has 2 aromatic heterocycles.